The van der Waals surface area contributed by atoms with Gasteiger partial charge in [0.1, 0.15) is 5.82 Å². The van der Waals surface area contributed by atoms with Crippen LogP contribution < -0.4 is 10.6 Å². The topological polar surface area (TPSA) is 60.0 Å². The second-order valence-electron chi connectivity index (χ2n) is 5.03. The van der Waals surface area contributed by atoms with E-state index in [0.29, 0.717) is 5.82 Å². The van der Waals surface area contributed by atoms with E-state index in [1.165, 1.54) is 0 Å². The Kier molecular flexibility index (Phi) is 3.31. The van der Waals surface area contributed by atoms with Crippen molar-refractivity contribution >= 4 is 11.5 Å². The molecule has 5 nitrogen and oxygen atoms in total. The first-order valence-electron chi connectivity index (χ1n) is 6.67. The third-order valence-electron chi connectivity index (χ3n) is 3.34. The van der Waals surface area contributed by atoms with E-state index in [0.717, 1.165) is 22.6 Å². The summed E-state index contributed by atoms with van der Waals surface area (Å²) in [5, 5.41) is 0. The Morgan fingerprint density at radius 3 is 2.76 bits per heavy atom. The summed E-state index contributed by atoms with van der Waals surface area (Å²) in [5.74, 6) is 0.502. The molecule has 0 aliphatic rings. The summed E-state index contributed by atoms with van der Waals surface area (Å²) >= 11 is 0. The lowest BCUT2D eigenvalue weighted by Crippen LogP contribution is -2.09. The SMILES string of the molecule is CN(C)c1cccc(-n2cncc2-c2ccnc(N)c2)c1. The van der Waals surface area contributed by atoms with E-state index < -0.39 is 0 Å². The molecule has 3 aromatic rings. The molecule has 0 unspecified atom stereocenters. The monoisotopic (exact) mass is 279 g/mol. The average molecular weight is 279 g/mol. The van der Waals surface area contributed by atoms with Crippen molar-refractivity contribution in [1.82, 2.24) is 14.5 Å². The molecule has 1 aromatic carbocycles. The molecule has 2 aromatic heterocycles. The van der Waals surface area contributed by atoms with E-state index in [1.807, 2.05) is 43.1 Å². The first kappa shape index (κ1) is 13.2. The number of rotatable bonds is 3. The molecule has 2 heterocycles. The zero-order valence-electron chi connectivity index (χ0n) is 12.1. The maximum atomic E-state index is 5.77. The number of pyridine rings is 1. The van der Waals surface area contributed by atoms with Gasteiger partial charge in [-0.2, -0.15) is 0 Å². The van der Waals surface area contributed by atoms with Crippen molar-refractivity contribution < 1.29 is 0 Å². The molecule has 0 bridgehead atoms. The molecule has 106 valence electrons. The van der Waals surface area contributed by atoms with Crippen LogP contribution in [0.5, 0.6) is 0 Å². The molecule has 0 aliphatic heterocycles. The summed E-state index contributed by atoms with van der Waals surface area (Å²) in [4.78, 5) is 10.4. The molecule has 0 aliphatic carbocycles. The van der Waals surface area contributed by atoms with E-state index in [9.17, 15) is 0 Å². The summed E-state index contributed by atoms with van der Waals surface area (Å²) < 4.78 is 2.04. The number of imidazole rings is 1. The minimum atomic E-state index is 0.502. The molecule has 0 atom stereocenters. The molecular formula is C16H17N5. The van der Waals surface area contributed by atoms with Crippen LogP contribution in [0.1, 0.15) is 0 Å². The fourth-order valence-corrected chi connectivity index (χ4v) is 2.24. The zero-order valence-corrected chi connectivity index (χ0v) is 12.1. The van der Waals surface area contributed by atoms with Crippen molar-refractivity contribution in [3.63, 3.8) is 0 Å². The smallest absolute Gasteiger partial charge is 0.123 e. The van der Waals surface area contributed by atoms with Gasteiger partial charge in [0.25, 0.3) is 0 Å². The summed E-state index contributed by atoms with van der Waals surface area (Å²) in [5.41, 5.74) is 9.95. The van der Waals surface area contributed by atoms with Crippen LogP contribution in [0.4, 0.5) is 11.5 Å². The highest BCUT2D eigenvalue weighted by Gasteiger charge is 2.08. The van der Waals surface area contributed by atoms with Crippen LogP contribution in [0.15, 0.2) is 55.1 Å². The van der Waals surface area contributed by atoms with Gasteiger partial charge in [-0.05, 0) is 30.3 Å². The first-order chi connectivity index (χ1) is 10.1. The number of hydrogen-bond donors (Lipinski definition) is 1. The molecule has 0 saturated carbocycles. The van der Waals surface area contributed by atoms with Crippen LogP contribution in [-0.4, -0.2) is 28.6 Å². The van der Waals surface area contributed by atoms with Crippen molar-refractivity contribution in [3.8, 4) is 16.9 Å². The number of aromatic nitrogens is 3. The van der Waals surface area contributed by atoms with Gasteiger partial charge in [0.2, 0.25) is 0 Å². The highest BCUT2D eigenvalue weighted by atomic mass is 15.1. The van der Waals surface area contributed by atoms with Gasteiger partial charge in [0.15, 0.2) is 0 Å². The highest BCUT2D eigenvalue weighted by Crippen LogP contribution is 2.25. The molecule has 21 heavy (non-hydrogen) atoms. The molecule has 0 spiro atoms. The van der Waals surface area contributed by atoms with Crippen molar-refractivity contribution in [2.75, 3.05) is 24.7 Å². The average Bonchev–Trinajstić information content (AvgIpc) is 2.97. The van der Waals surface area contributed by atoms with Crippen LogP contribution in [0.25, 0.3) is 16.9 Å². The molecule has 0 saturated heterocycles. The van der Waals surface area contributed by atoms with Gasteiger partial charge >= 0.3 is 0 Å². The Hall–Kier alpha value is -2.82. The van der Waals surface area contributed by atoms with Gasteiger partial charge in [-0.3, -0.25) is 4.57 Å². The summed E-state index contributed by atoms with van der Waals surface area (Å²) in [6.07, 6.45) is 5.34. The Bertz CT molecular complexity index is 761. The second-order valence-corrected chi connectivity index (χ2v) is 5.03. The van der Waals surface area contributed by atoms with Crippen LogP contribution in [0, 0.1) is 0 Å². The molecule has 3 rings (SSSR count). The van der Waals surface area contributed by atoms with Crippen molar-refractivity contribution in [3.05, 3.63) is 55.1 Å². The van der Waals surface area contributed by atoms with E-state index in [1.54, 1.807) is 12.5 Å². The van der Waals surface area contributed by atoms with Gasteiger partial charge in [-0.15, -0.1) is 0 Å². The Morgan fingerprint density at radius 1 is 1.14 bits per heavy atom. The predicted molar refractivity (Wildman–Crippen MR) is 85.5 cm³/mol. The lowest BCUT2D eigenvalue weighted by molar-refractivity contribution is 1.05. The van der Waals surface area contributed by atoms with Crippen molar-refractivity contribution in [1.29, 1.82) is 0 Å². The fourth-order valence-electron chi connectivity index (χ4n) is 2.24. The summed E-state index contributed by atoms with van der Waals surface area (Å²) in [7, 11) is 4.05. The van der Waals surface area contributed by atoms with Crippen LogP contribution >= 0.6 is 0 Å². The quantitative estimate of drug-likeness (QED) is 0.800. The third kappa shape index (κ3) is 2.58. The normalized spacial score (nSPS) is 10.6. The summed E-state index contributed by atoms with van der Waals surface area (Å²) in [6, 6.07) is 12.1. The number of nitrogens with zero attached hydrogens (tertiary/aromatic N) is 4. The van der Waals surface area contributed by atoms with Gasteiger partial charge < -0.3 is 10.6 Å². The van der Waals surface area contributed by atoms with Gasteiger partial charge in [-0.25, -0.2) is 9.97 Å². The lowest BCUT2D eigenvalue weighted by atomic mass is 10.2. The number of nitrogens with two attached hydrogens (primary N) is 1. The van der Waals surface area contributed by atoms with E-state index >= 15 is 0 Å². The van der Waals surface area contributed by atoms with Crippen molar-refractivity contribution in [2.24, 2.45) is 0 Å². The minimum Gasteiger partial charge on any atom is -0.384 e. The lowest BCUT2D eigenvalue weighted by Gasteiger charge is -2.15. The van der Waals surface area contributed by atoms with Crippen molar-refractivity contribution in [2.45, 2.75) is 0 Å². The highest BCUT2D eigenvalue weighted by molar-refractivity contribution is 5.65. The largest absolute Gasteiger partial charge is 0.384 e. The second kappa shape index (κ2) is 5.28. The predicted octanol–water partition coefficient (Wildman–Crippen LogP) is 2.58. The Labute approximate surface area is 123 Å². The zero-order chi connectivity index (χ0) is 14.8. The molecule has 5 heteroatoms. The van der Waals surface area contributed by atoms with E-state index in [4.69, 9.17) is 5.73 Å². The number of nitrogen functional groups attached to an aromatic ring is 1. The van der Waals surface area contributed by atoms with Gasteiger partial charge in [0.05, 0.1) is 18.2 Å². The standard InChI is InChI=1S/C16H17N5/c1-20(2)13-4-3-5-14(9-13)21-11-18-10-15(21)12-6-7-19-16(17)8-12/h3-11H,1-2H3,(H2,17,19). The van der Waals surface area contributed by atoms with Gasteiger partial charge in [0, 0.05) is 37.2 Å². The van der Waals surface area contributed by atoms with Crippen LogP contribution in [0.2, 0.25) is 0 Å². The van der Waals surface area contributed by atoms with Crippen LogP contribution in [-0.2, 0) is 0 Å². The third-order valence-corrected chi connectivity index (χ3v) is 3.34. The minimum absolute atomic E-state index is 0.502. The van der Waals surface area contributed by atoms with Gasteiger partial charge in [-0.1, -0.05) is 6.07 Å². The molecule has 2 N–H and O–H groups in total. The van der Waals surface area contributed by atoms with Crippen LogP contribution in [0.3, 0.4) is 0 Å². The molecule has 0 amide bonds. The fraction of sp³-hybridized carbons (Fsp3) is 0.125. The molecular weight excluding hydrogens is 262 g/mol. The maximum absolute atomic E-state index is 5.77. The maximum Gasteiger partial charge on any atom is 0.123 e. The first-order valence-corrected chi connectivity index (χ1v) is 6.67. The van der Waals surface area contributed by atoms with E-state index in [-0.39, 0.29) is 0 Å². The van der Waals surface area contributed by atoms with E-state index in [2.05, 4.69) is 33.1 Å². The summed E-state index contributed by atoms with van der Waals surface area (Å²) in [6.45, 7) is 0. The Balaban J connectivity index is 2.09. The number of anilines is 2. The Morgan fingerprint density at radius 2 is 2.00 bits per heavy atom. The molecule has 0 fully saturated rings. The number of benzene rings is 1. The number of hydrogen-bond acceptors (Lipinski definition) is 4. The molecule has 0 radical (unpaired) electrons.